The van der Waals surface area contributed by atoms with Gasteiger partial charge in [0.2, 0.25) is 0 Å². The maximum atomic E-state index is 11.5. The highest BCUT2D eigenvalue weighted by Crippen LogP contribution is 2.33. The first-order valence-corrected chi connectivity index (χ1v) is 5.42. The second-order valence-corrected chi connectivity index (χ2v) is 3.67. The van der Waals surface area contributed by atoms with Gasteiger partial charge in [0.05, 0.1) is 11.1 Å². The molecule has 3 nitrogen and oxygen atoms in total. The molecule has 3 heteroatoms. The molecule has 0 fully saturated rings. The maximum Gasteiger partial charge on any atom is 0.200 e. The quantitative estimate of drug-likeness (QED) is 0.584. The highest BCUT2D eigenvalue weighted by atomic mass is 16.3. The summed E-state index contributed by atoms with van der Waals surface area (Å²) < 4.78 is 0. The van der Waals surface area contributed by atoms with Crippen molar-refractivity contribution in [3.05, 3.63) is 35.1 Å². The van der Waals surface area contributed by atoms with Gasteiger partial charge in [-0.1, -0.05) is 13.5 Å². The van der Waals surface area contributed by atoms with Crippen molar-refractivity contribution in [2.75, 3.05) is 6.54 Å². The van der Waals surface area contributed by atoms with Crippen molar-refractivity contribution in [1.29, 1.82) is 0 Å². The molecule has 0 amide bonds. The Hall–Kier alpha value is -1.64. The Bertz CT molecular complexity index is 425. The molecule has 0 aliphatic heterocycles. The molecule has 1 N–H and O–H groups in total. The molecule has 0 saturated carbocycles. The third kappa shape index (κ3) is 2.13. The van der Waals surface area contributed by atoms with E-state index in [2.05, 4.69) is 11.6 Å². The molecule has 0 atom stereocenters. The van der Waals surface area contributed by atoms with E-state index in [0.29, 0.717) is 18.5 Å². The number of ketones is 1. The zero-order valence-corrected chi connectivity index (χ0v) is 10.0. The molecule has 0 aromatic heterocycles. The number of carbonyl (C=O) groups is 1. The summed E-state index contributed by atoms with van der Waals surface area (Å²) in [5.41, 5.74) is 2.30. The lowest BCUT2D eigenvalue weighted by molar-refractivity contribution is -0.113. The monoisotopic (exact) mass is 219 g/mol. The Morgan fingerprint density at radius 2 is 2.12 bits per heavy atom. The summed E-state index contributed by atoms with van der Waals surface area (Å²) in [5, 5.41) is 9.57. The number of nitrogens with zero attached hydrogens (tertiary/aromatic N) is 1. The maximum absolute atomic E-state index is 11.5. The summed E-state index contributed by atoms with van der Waals surface area (Å²) >= 11 is 0. The van der Waals surface area contributed by atoms with E-state index in [9.17, 15) is 9.90 Å². The van der Waals surface area contributed by atoms with Gasteiger partial charge in [-0.25, -0.2) is 0 Å². The van der Waals surface area contributed by atoms with Crippen molar-refractivity contribution in [3.63, 3.8) is 0 Å². The molecule has 0 spiro atoms. The number of hydrogen-bond acceptors (Lipinski definition) is 3. The Labute approximate surface area is 95.9 Å². The largest absolute Gasteiger partial charge is 0.506 e. The molecular weight excluding hydrogens is 202 g/mol. The second-order valence-electron chi connectivity index (χ2n) is 3.67. The lowest BCUT2D eigenvalue weighted by Gasteiger charge is -2.21. The van der Waals surface area contributed by atoms with E-state index in [1.54, 1.807) is 0 Å². The molecule has 1 aliphatic carbocycles. The lowest BCUT2D eigenvalue weighted by Crippen LogP contribution is -2.23. The van der Waals surface area contributed by atoms with E-state index in [4.69, 9.17) is 0 Å². The number of Topliss-reactive ketones (excluding diaryl/α,β-unsaturated/α-hetero) is 1. The van der Waals surface area contributed by atoms with Crippen LogP contribution >= 0.6 is 0 Å². The number of hydrogen-bond donors (Lipinski definition) is 1. The minimum Gasteiger partial charge on any atom is -0.506 e. The van der Waals surface area contributed by atoms with Crippen molar-refractivity contribution in [1.82, 2.24) is 0 Å². The van der Waals surface area contributed by atoms with Crippen LogP contribution in [0.15, 0.2) is 40.1 Å². The van der Waals surface area contributed by atoms with Gasteiger partial charge in [0.15, 0.2) is 5.78 Å². The van der Waals surface area contributed by atoms with E-state index >= 15 is 0 Å². The minimum absolute atomic E-state index is 0.0300. The molecule has 0 aromatic rings. The number of allylic oxidation sites excluding steroid dienone is 4. The zero-order valence-electron chi connectivity index (χ0n) is 10.0. The third-order valence-electron chi connectivity index (χ3n) is 2.52. The molecule has 0 heterocycles. The fourth-order valence-electron chi connectivity index (χ4n) is 1.65. The molecule has 0 unspecified atom stereocenters. The summed E-state index contributed by atoms with van der Waals surface area (Å²) in [4.78, 5) is 15.7. The Morgan fingerprint density at radius 1 is 1.50 bits per heavy atom. The van der Waals surface area contributed by atoms with E-state index < -0.39 is 0 Å². The molecule has 0 saturated heterocycles. The van der Waals surface area contributed by atoms with Crippen LogP contribution in [0, 0.1) is 0 Å². The van der Waals surface area contributed by atoms with E-state index in [0.717, 1.165) is 11.3 Å². The SMILES string of the molecule is C=C1C(=O)C(/C(=C/C(C)=N\CC)CC)=C1O. The highest BCUT2D eigenvalue weighted by Gasteiger charge is 2.33. The van der Waals surface area contributed by atoms with Gasteiger partial charge in [-0.3, -0.25) is 9.79 Å². The second kappa shape index (κ2) is 4.92. The number of carbonyl (C=O) groups excluding carboxylic acids is 1. The normalized spacial score (nSPS) is 17.9. The van der Waals surface area contributed by atoms with Gasteiger partial charge >= 0.3 is 0 Å². The topological polar surface area (TPSA) is 49.7 Å². The molecule has 0 bridgehead atoms. The van der Waals surface area contributed by atoms with Crippen LogP contribution in [0.5, 0.6) is 0 Å². The lowest BCUT2D eigenvalue weighted by atomic mass is 9.83. The zero-order chi connectivity index (χ0) is 12.3. The number of aliphatic hydroxyl groups excluding tert-OH is 1. The van der Waals surface area contributed by atoms with Gasteiger partial charge in [-0.15, -0.1) is 0 Å². The average molecular weight is 219 g/mol. The summed E-state index contributed by atoms with van der Waals surface area (Å²) in [7, 11) is 0. The van der Waals surface area contributed by atoms with E-state index in [1.165, 1.54) is 0 Å². The summed E-state index contributed by atoms with van der Waals surface area (Å²) in [6, 6.07) is 0. The fraction of sp³-hybridized carbons (Fsp3) is 0.385. The molecule has 1 rings (SSSR count). The summed E-state index contributed by atoms with van der Waals surface area (Å²) in [5.74, 6) is -0.128. The number of rotatable bonds is 4. The summed E-state index contributed by atoms with van der Waals surface area (Å²) in [6.45, 7) is 9.99. The van der Waals surface area contributed by atoms with Crippen LogP contribution in [0.25, 0.3) is 0 Å². The van der Waals surface area contributed by atoms with Gasteiger partial charge in [0, 0.05) is 12.3 Å². The Kier molecular flexibility index (Phi) is 3.82. The molecule has 0 radical (unpaired) electrons. The fourth-order valence-corrected chi connectivity index (χ4v) is 1.65. The van der Waals surface area contributed by atoms with Crippen LogP contribution in [0.3, 0.4) is 0 Å². The van der Waals surface area contributed by atoms with Gasteiger partial charge in [-0.2, -0.15) is 0 Å². The smallest absolute Gasteiger partial charge is 0.200 e. The van der Waals surface area contributed by atoms with Crippen LogP contribution in [0.4, 0.5) is 0 Å². The van der Waals surface area contributed by atoms with Gasteiger partial charge in [0.1, 0.15) is 5.76 Å². The van der Waals surface area contributed by atoms with Crippen LogP contribution in [-0.2, 0) is 4.79 Å². The standard InChI is InChI=1S/C13H17NO2/c1-5-10(7-8(3)14-6-2)11-12(15)9(4)13(11)16/h7,15H,4-6H2,1-3H3/b10-7+,14-8-. The van der Waals surface area contributed by atoms with Crippen molar-refractivity contribution >= 4 is 11.5 Å². The third-order valence-corrected chi connectivity index (χ3v) is 2.52. The molecule has 86 valence electrons. The van der Waals surface area contributed by atoms with Crippen molar-refractivity contribution < 1.29 is 9.90 Å². The van der Waals surface area contributed by atoms with Crippen LogP contribution in [-0.4, -0.2) is 23.1 Å². The van der Waals surface area contributed by atoms with Gasteiger partial charge in [0.25, 0.3) is 0 Å². The number of aliphatic hydroxyl groups is 1. The molecule has 1 aliphatic rings. The highest BCUT2D eigenvalue weighted by molar-refractivity contribution is 6.21. The molecule has 16 heavy (non-hydrogen) atoms. The predicted molar refractivity (Wildman–Crippen MR) is 65.8 cm³/mol. The predicted octanol–water partition coefficient (Wildman–Crippen LogP) is 2.75. The minimum atomic E-state index is -0.158. The van der Waals surface area contributed by atoms with Crippen molar-refractivity contribution in [2.45, 2.75) is 27.2 Å². The first-order valence-electron chi connectivity index (χ1n) is 5.42. The molecular formula is C13H17NO2. The van der Waals surface area contributed by atoms with Crippen LogP contribution in [0.2, 0.25) is 0 Å². The first kappa shape index (κ1) is 12.4. The van der Waals surface area contributed by atoms with E-state index in [-0.39, 0.29) is 17.1 Å². The van der Waals surface area contributed by atoms with Crippen LogP contribution < -0.4 is 0 Å². The van der Waals surface area contributed by atoms with Crippen molar-refractivity contribution in [2.24, 2.45) is 4.99 Å². The van der Waals surface area contributed by atoms with Crippen molar-refractivity contribution in [3.8, 4) is 0 Å². The molecule has 0 aromatic carbocycles. The Morgan fingerprint density at radius 3 is 2.56 bits per heavy atom. The summed E-state index contributed by atoms with van der Waals surface area (Å²) in [6.07, 6.45) is 2.54. The van der Waals surface area contributed by atoms with Gasteiger partial charge in [-0.05, 0) is 31.9 Å². The number of aliphatic imine (C=N–C) groups is 1. The van der Waals surface area contributed by atoms with Crippen LogP contribution in [0.1, 0.15) is 27.2 Å². The van der Waals surface area contributed by atoms with Gasteiger partial charge < -0.3 is 5.11 Å². The average Bonchev–Trinajstić information content (AvgIpc) is 2.27. The van der Waals surface area contributed by atoms with E-state index in [1.807, 2.05) is 26.8 Å². The first-order chi connectivity index (χ1) is 7.52. The Balaban J connectivity index is 3.07.